The van der Waals surface area contributed by atoms with Gasteiger partial charge in [-0.1, -0.05) is 50.0 Å². The molecule has 1 aromatic carbocycles. The van der Waals surface area contributed by atoms with Gasteiger partial charge in [0.15, 0.2) is 0 Å². The molecule has 2 aromatic rings. The van der Waals surface area contributed by atoms with Crippen molar-refractivity contribution in [3.63, 3.8) is 0 Å². The second-order valence-corrected chi connectivity index (χ2v) is 10.4. The summed E-state index contributed by atoms with van der Waals surface area (Å²) in [6.07, 6.45) is -0.411. The van der Waals surface area contributed by atoms with E-state index in [1.807, 2.05) is 26.8 Å². The molecule has 1 aromatic heterocycles. The summed E-state index contributed by atoms with van der Waals surface area (Å²) in [5.41, 5.74) is 0.556. The molecular formula is C22H26Cl2N4O4S. The Morgan fingerprint density at radius 2 is 1.67 bits per heavy atom. The van der Waals surface area contributed by atoms with Crippen molar-refractivity contribution in [3.05, 3.63) is 44.8 Å². The van der Waals surface area contributed by atoms with Crippen molar-refractivity contribution in [1.82, 2.24) is 9.80 Å². The number of carbonyl (C=O) groups is 3. The maximum absolute atomic E-state index is 13.3. The molecule has 3 rings (SSSR count). The number of carbonyl (C=O) groups excluding carboxylic acids is 3. The van der Waals surface area contributed by atoms with Crippen LogP contribution in [0.5, 0.6) is 0 Å². The van der Waals surface area contributed by atoms with Gasteiger partial charge in [0.25, 0.3) is 5.91 Å². The third kappa shape index (κ3) is 5.90. The lowest BCUT2D eigenvalue weighted by Gasteiger charge is -2.33. The van der Waals surface area contributed by atoms with Gasteiger partial charge in [-0.15, -0.1) is 11.3 Å². The average Bonchev–Trinajstić information content (AvgIpc) is 3.20. The number of benzene rings is 1. The van der Waals surface area contributed by atoms with Crippen molar-refractivity contribution in [2.45, 2.75) is 26.2 Å². The van der Waals surface area contributed by atoms with Crippen molar-refractivity contribution in [1.29, 1.82) is 0 Å². The predicted molar refractivity (Wildman–Crippen MR) is 132 cm³/mol. The molecule has 0 atom stereocenters. The first-order valence-electron chi connectivity index (χ1n) is 10.3. The van der Waals surface area contributed by atoms with Crippen molar-refractivity contribution in [3.8, 4) is 0 Å². The number of halogens is 2. The van der Waals surface area contributed by atoms with Crippen molar-refractivity contribution in [2.75, 3.05) is 43.9 Å². The summed E-state index contributed by atoms with van der Waals surface area (Å²) in [5.74, 6) is -0.206. The lowest BCUT2D eigenvalue weighted by atomic mass is 9.94. The summed E-state index contributed by atoms with van der Waals surface area (Å²) < 4.78 is 4.75. The number of anilines is 2. The first-order valence-corrected chi connectivity index (χ1v) is 11.9. The normalized spacial score (nSPS) is 14.1. The summed E-state index contributed by atoms with van der Waals surface area (Å²) in [4.78, 5) is 41.9. The van der Waals surface area contributed by atoms with E-state index >= 15 is 0 Å². The van der Waals surface area contributed by atoms with E-state index in [0.717, 1.165) is 4.88 Å². The maximum atomic E-state index is 13.3. The minimum absolute atomic E-state index is 0.206. The monoisotopic (exact) mass is 512 g/mol. The standard InChI is InChI=1S/C22H26Cl2N4O4S/c1-22(2,3)16-12-13(19(29)27-8-10-28(11-9-27)21(31)32-4)18(33-16)26-20(30)25-15-7-5-6-14(23)17(15)24/h5-7,12H,8-11H2,1-4H3,(H2,25,26,30). The number of methoxy groups -OCH3 is 1. The number of nitrogens with zero attached hydrogens (tertiary/aromatic N) is 2. The SMILES string of the molecule is COC(=O)N1CCN(C(=O)c2cc(C(C)(C)C)sc2NC(=O)Nc2cccc(Cl)c2Cl)CC1. The fraction of sp³-hybridized carbons (Fsp3) is 0.409. The molecule has 1 fully saturated rings. The Kier molecular flexibility index (Phi) is 7.76. The van der Waals surface area contributed by atoms with Crippen molar-refractivity contribution in [2.24, 2.45) is 0 Å². The van der Waals surface area contributed by atoms with Gasteiger partial charge < -0.3 is 19.9 Å². The minimum Gasteiger partial charge on any atom is -0.453 e. The van der Waals surface area contributed by atoms with E-state index in [1.165, 1.54) is 18.4 Å². The van der Waals surface area contributed by atoms with Gasteiger partial charge in [-0.3, -0.25) is 10.1 Å². The van der Waals surface area contributed by atoms with Crippen LogP contribution >= 0.6 is 34.5 Å². The molecular weight excluding hydrogens is 487 g/mol. The highest BCUT2D eigenvalue weighted by Crippen LogP contribution is 2.37. The molecule has 1 aliphatic heterocycles. The lowest BCUT2D eigenvalue weighted by Crippen LogP contribution is -2.50. The zero-order chi connectivity index (χ0) is 24.3. The Morgan fingerprint density at radius 1 is 1.03 bits per heavy atom. The molecule has 0 saturated carbocycles. The third-order valence-corrected chi connectivity index (χ3v) is 7.42. The zero-order valence-corrected chi connectivity index (χ0v) is 21.2. The number of ether oxygens (including phenoxy) is 1. The molecule has 0 spiro atoms. The average molecular weight is 513 g/mol. The van der Waals surface area contributed by atoms with Gasteiger partial charge in [0.05, 0.1) is 28.4 Å². The molecule has 1 saturated heterocycles. The number of thiophene rings is 1. The predicted octanol–water partition coefficient (Wildman–Crippen LogP) is 5.52. The van der Waals surface area contributed by atoms with Gasteiger partial charge in [-0.05, 0) is 23.6 Å². The second-order valence-electron chi connectivity index (χ2n) is 8.53. The van der Waals surface area contributed by atoms with Gasteiger partial charge in [0.2, 0.25) is 0 Å². The number of hydrogen-bond acceptors (Lipinski definition) is 5. The minimum atomic E-state index is -0.536. The molecule has 33 heavy (non-hydrogen) atoms. The lowest BCUT2D eigenvalue weighted by molar-refractivity contribution is 0.0601. The molecule has 0 bridgehead atoms. The van der Waals surface area contributed by atoms with Crippen LogP contribution in [0.25, 0.3) is 0 Å². The van der Waals surface area contributed by atoms with E-state index in [1.54, 1.807) is 28.0 Å². The molecule has 4 amide bonds. The fourth-order valence-electron chi connectivity index (χ4n) is 3.26. The summed E-state index contributed by atoms with van der Waals surface area (Å²) in [5, 5.41) is 6.46. The van der Waals surface area contributed by atoms with Crippen LogP contribution in [0.4, 0.5) is 20.3 Å². The first kappa shape index (κ1) is 25.1. The van der Waals surface area contributed by atoms with Crippen LogP contribution in [0, 0.1) is 0 Å². The Labute approximate surface area is 206 Å². The molecule has 0 radical (unpaired) electrons. The van der Waals surface area contributed by atoms with Gasteiger partial charge in [0.1, 0.15) is 5.00 Å². The highest BCUT2D eigenvalue weighted by atomic mass is 35.5. The molecule has 0 aliphatic carbocycles. The fourth-order valence-corrected chi connectivity index (χ4v) is 4.71. The third-order valence-electron chi connectivity index (χ3n) is 5.13. The van der Waals surface area contributed by atoms with Crippen molar-refractivity contribution < 1.29 is 19.1 Å². The molecule has 0 unspecified atom stereocenters. The van der Waals surface area contributed by atoms with Crippen LogP contribution in [-0.4, -0.2) is 61.1 Å². The topological polar surface area (TPSA) is 91.0 Å². The van der Waals surface area contributed by atoms with Gasteiger partial charge in [-0.25, -0.2) is 9.59 Å². The van der Waals surface area contributed by atoms with Crippen LogP contribution in [0.15, 0.2) is 24.3 Å². The van der Waals surface area contributed by atoms with Crippen LogP contribution in [0.2, 0.25) is 10.0 Å². The Bertz CT molecular complexity index is 1060. The summed E-state index contributed by atoms with van der Waals surface area (Å²) in [6, 6.07) is 6.22. The second kappa shape index (κ2) is 10.2. The zero-order valence-electron chi connectivity index (χ0n) is 18.8. The molecule has 2 heterocycles. The van der Waals surface area contributed by atoms with E-state index in [-0.39, 0.29) is 16.3 Å². The van der Waals surface area contributed by atoms with E-state index in [9.17, 15) is 14.4 Å². The van der Waals surface area contributed by atoms with Crippen molar-refractivity contribution >= 4 is 63.3 Å². The van der Waals surface area contributed by atoms with Crippen LogP contribution in [0.3, 0.4) is 0 Å². The summed E-state index contributed by atoms with van der Waals surface area (Å²) in [7, 11) is 1.33. The van der Waals surface area contributed by atoms with E-state index in [2.05, 4.69) is 10.6 Å². The largest absolute Gasteiger partial charge is 0.453 e. The number of hydrogen-bond donors (Lipinski definition) is 2. The van der Waals surface area contributed by atoms with E-state index < -0.39 is 12.1 Å². The molecule has 8 nitrogen and oxygen atoms in total. The molecule has 2 N–H and O–H groups in total. The summed E-state index contributed by atoms with van der Waals surface area (Å²) in [6.45, 7) is 7.63. The van der Waals surface area contributed by atoms with E-state index in [0.29, 0.717) is 47.5 Å². The Morgan fingerprint density at radius 3 is 2.27 bits per heavy atom. The van der Waals surface area contributed by atoms with Crippen LogP contribution < -0.4 is 10.6 Å². The van der Waals surface area contributed by atoms with E-state index in [4.69, 9.17) is 27.9 Å². The number of amides is 4. The Hall–Kier alpha value is -2.49. The molecule has 178 valence electrons. The smallest absolute Gasteiger partial charge is 0.409 e. The number of nitrogens with one attached hydrogen (secondary N) is 2. The molecule has 11 heteroatoms. The van der Waals surface area contributed by atoms with Gasteiger partial charge in [-0.2, -0.15) is 0 Å². The first-order chi connectivity index (χ1) is 15.5. The number of piperazine rings is 1. The highest BCUT2D eigenvalue weighted by molar-refractivity contribution is 7.16. The van der Waals surface area contributed by atoms with Gasteiger partial charge >= 0.3 is 12.1 Å². The summed E-state index contributed by atoms with van der Waals surface area (Å²) >= 11 is 13.5. The number of rotatable bonds is 3. The Balaban J connectivity index is 1.80. The molecule has 1 aliphatic rings. The maximum Gasteiger partial charge on any atom is 0.409 e. The van der Waals surface area contributed by atoms with Gasteiger partial charge in [0, 0.05) is 31.1 Å². The van der Waals surface area contributed by atoms with Crippen LogP contribution in [-0.2, 0) is 10.2 Å². The quantitative estimate of drug-likeness (QED) is 0.566. The van der Waals surface area contributed by atoms with Crippen LogP contribution in [0.1, 0.15) is 36.0 Å². The number of urea groups is 1. The highest BCUT2D eigenvalue weighted by Gasteiger charge is 2.30.